The van der Waals surface area contributed by atoms with Gasteiger partial charge in [0.2, 0.25) is 0 Å². The summed E-state index contributed by atoms with van der Waals surface area (Å²) in [4.78, 5) is 21.4. The van der Waals surface area contributed by atoms with Crippen LogP contribution in [0, 0.1) is 29.9 Å². The van der Waals surface area contributed by atoms with Crippen molar-refractivity contribution >= 4 is 35.1 Å². The molecule has 14 heteroatoms. The molecule has 230 valence electrons. The van der Waals surface area contributed by atoms with Crippen LogP contribution in [0.1, 0.15) is 48.8 Å². The van der Waals surface area contributed by atoms with E-state index in [4.69, 9.17) is 37.5 Å². The molecule has 1 aliphatic rings. The average Bonchev–Trinajstić information content (AvgIpc) is 3.48. The summed E-state index contributed by atoms with van der Waals surface area (Å²) in [5.41, 5.74) is -2.69. The van der Waals surface area contributed by atoms with Crippen molar-refractivity contribution in [3.8, 4) is 6.07 Å². The van der Waals surface area contributed by atoms with Gasteiger partial charge in [-0.3, -0.25) is 10.1 Å². The van der Waals surface area contributed by atoms with Crippen molar-refractivity contribution < 1.29 is 46.2 Å². The number of nitrogens with one attached hydrogen (secondary N) is 1. The Morgan fingerprint density at radius 1 is 1.09 bits per heavy atom. The topological polar surface area (TPSA) is 124 Å². The fraction of sp³-hybridized carbons (Fsp3) is 0.345. The van der Waals surface area contributed by atoms with Crippen LogP contribution in [-0.2, 0) is 20.4 Å². The van der Waals surface area contributed by atoms with Crippen LogP contribution in [0.3, 0.4) is 0 Å². The predicted octanol–water partition coefficient (Wildman–Crippen LogP) is 7.14. The molecule has 0 saturated carbocycles. The van der Waals surface area contributed by atoms with Crippen molar-refractivity contribution in [3.05, 3.63) is 92.9 Å². The number of benzene rings is 2. The highest BCUT2D eigenvalue weighted by Crippen LogP contribution is 2.53. The first kappa shape index (κ1) is 33.8. The maximum absolute atomic E-state index is 15.5. The minimum Gasteiger partial charge on any atom is -0.480 e. The summed E-state index contributed by atoms with van der Waals surface area (Å²) in [6.07, 6.45) is -4.90. The fourth-order valence-electron chi connectivity index (χ4n) is 5.34. The van der Waals surface area contributed by atoms with E-state index < -0.39 is 58.6 Å². The lowest BCUT2D eigenvalue weighted by Gasteiger charge is -2.37. The van der Waals surface area contributed by atoms with Crippen molar-refractivity contribution in [2.24, 2.45) is 0 Å². The van der Waals surface area contributed by atoms with Crippen molar-refractivity contribution in [2.45, 2.75) is 62.2 Å². The Kier molecular flexibility index (Phi) is 9.85. The van der Waals surface area contributed by atoms with E-state index in [0.29, 0.717) is 11.5 Å². The molecule has 7 nitrogen and oxygen atoms in total. The summed E-state index contributed by atoms with van der Waals surface area (Å²) < 4.78 is 68.5. The van der Waals surface area contributed by atoms with Crippen molar-refractivity contribution in [1.29, 1.82) is 5.26 Å². The molecule has 0 amide bonds. The number of nitriles is 1. The fourth-order valence-corrected chi connectivity index (χ4v) is 5.68. The average molecular weight is 647 g/mol. The van der Waals surface area contributed by atoms with Gasteiger partial charge in [-0.05, 0) is 49.2 Å². The largest absolute Gasteiger partial charge is 0.490 e. The Morgan fingerprint density at radius 3 is 2.21 bits per heavy atom. The van der Waals surface area contributed by atoms with Gasteiger partial charge in [0.1, 0.15) is 34.6 Å². The second-order valence-electron chi connectivity index (χ2n) is 10.6. The molecule has 0 unspecified atom stereocenters. The summed E-state index contributed by atoms with van der Waals surface area (Å²) in [5.74, 6) is -5.71. The van der Waals surface area contributed by atoms with E-state index in [2.05, 4.69) is 11.4 Å². The number of aliphatic carboxylic acids is 2. The number of hydrogen-bond donors (Lipinski definition) is 3. The van der Waals surface area contributed by atoms with E-state index in [1.807, 2.05) is 19.9 Å². The lowest BCUT2D eigenvalue weighted by molar-refractivity contribution is -0.192. The number of aryl methyl sites for hydroxylation is 1. The lowest BCUT2D eigenvalue weighted by atomic mass is 9.62. The van der Waals surface area contributed by atoms with Crippen LogP contribution < -0.4 is 5.32 Å². The van der Waals surface area contributed by atoms with Crippen LogP contribution in [0.5, 0.6) is 0 Å². The summed E-state index contributed by atoms with van der Waals surface area (Å²) in [6, 6.07) is 11.5. The van der Waals surface area contributed by atoms with Crippen LogP contribution in [-0.4, -0.2) is 40.4 Å². The van der Waals surface area contributed by atoms with Gasteiger partial charge >= 0.3 is 18.1 Å². The standard InChI is InChI=1S/C27H24Cl2F2N2O3.C2HF3O2/c1-14-7-10-21(36-14)26(2,3)12-20-27(13-32,17-9-8-15(28)11-19(17)30)22(24(33-20)25(34)35)16-5-4-6-18(29)23(16)31;3-2(4,5)1(6)7/h4-11,20,22,24,33H,12H2,1-3H3,(H,34,35);(H,6,7)/t20-,22-,24+,27-;/m0./s1. The molecule has 1 saturated heterocycles. The number of furan rings is 1. The highest BCUT2D eigenvalue weighted by atomic mass is 35.5. The summed E-state index contributed by atoms with van der Waals surface area (Å²) in [5, 5.41) is 30.9. The van der Waals surface area contributed by atoms with E-state index in [1.165, 1.54) is 30.3 Å². The highest BCUT2D eigenvalue weighted by molar-refractivity contribution is 6.31. The van der Waals surface area contributed by atoms with Crippen molar-refractivity contribution in [3.63, 3.8) is 0 Å². The first-order valence-corrected chi connectivity index (χ1v) is 13.3. The molecular formula is C29H25Cl2F5N2O5. The summed E-state index contributed by atoms with van der Waals surface area (Å²) >= 11 is 12.0. The maximum atomic E-state index is 15.5. The smallest absolute Gasteiger partial charge is 0.480 e. The number of carbonyl (C=O) groups is 2. The molecule has 1 aromatic heterocycles. The van der Waals surface area contributed by atoms with Gasteiger partial charge in [0.05, 0.1) is 11.1 Å². The van der Waals surface area contributed by atoms with E-state index in [-0.39, 0.29) is 27.6 Å². The molecule has 3 N–H and O–H groups in total. The van der Waals surface area contributed by atoms with Gasteiger partial charge in [-0.25, -0.2) is 13.6 Å². The Morgan fingerprint density at radius 2 is 1.72 bits per heavy atom. The second-order valence-corrected chi connectivity index (χ2v) is 11.4. The van der Waals surface area contributed by atoms with Gasteiger partial charge in [-0.1, -0.05) is 55.2 Å². The Bertz CT molecular complexity index is 1570. The maximum Gasteiger partial charge on any atom is 0.490 e. The number of alkyl halides is 3. The molecule has 0 aliphatic carbocycles. The third kappa shape index (κ3) is 6.79. The van der Waals surface area contributed by atoms with Gasteiger partial charge in [0, 0.05) is 28.0 Å². The van der Waals surface area contributed by atoms with Crippen LogP contribution in [0.15, 0.2) is 52.9 Å². The van der Waals surface area contributed by atoms with Crippen LogP contribution >= 0.6 is 23.2 Å². The first-order valence-electron chi connectivity index (χ1n) is 12.5. The molecule has 1 fully saturated rings. The molecule has 0 bridgehead atoms. The van der Waals surface area contributed by atoms with E-state index in [9.17, 15) is 28.3 Å². The number of carboxylic acid groups (broad SMARTS) is 2. The van der Waals surface area contributed by atoms with Gasteiger partial charge in [-0.15, -0.1) is 0 Å². The first-order chi connectivity index (χ1) is 19.9. The second kappa shape index (κ2) is 12.5. The van der Waals surface area contributed by atoms with E-state index in [1.54, 1.807) is 13.0 Å². The molecule has 2 aromatic carbocycles. The molecule has 0 radical (unpaired) electrons. The van der Waals surface area contributed by atoms with E-state index in [0.717, 1.165) is 6.07 Å². The van der Waals surface area contributed by atoms with Gasteiger partial charge in [0.15, 0.2) is 0 Å². The third-order valence-electron chi connectivity index (χ3n) is 7.26. The normalized spacial score (nSPS) is 21.9. The van der Waals surface area contributed by atoms with Crippen molar-refractivity contribution in [2.75, 3.05) is 0 Å². The molecule has 1 aliphatic heterocycles. The zero-order valence-corrected chi connectivity index (χ0v) is 24.3. The van der Waals surface area contributed by atoms with E-state index >= 15 is 8.78 Å². The molecule has 4 atom stereocenters. The van der Waals surface area contributed by atoms with Gasteiger partial charge in [-0.2, -0.15) is 18.4 Å². The number of nitrogens with zero attached hydrogens (tertiary/aromatic N) is 1. The SMILES string of the molecule is Cc1ccc(C(C)(C)C[C@@H]2N[C@@H](C(=O)O)[C@H](c3cccc(Cl)c3F)[C@@]2(C#N)c2ccc(Cl)cc2F)o1.O=C(O)C(F)(F)F. The number of hydrogen-bond acceptors (Lipinski definition) is 5. The van der Waals surface area contributed by atoms with Gasteiger partial charge < -0.3 is 14.6 Å². The summed E-state index contributed by atoms with van der Waals surface area (Å²) in [7, 11) is 0. The zero-order chi connectivity index (χ0) is 32.5. The Balaban J connectivity index is 0.000000646. The monoisotopic (exact) mass is 646 g/mol. The third-order valence-corrected chi connectivity index (χ3v) is 7.79. The van der Waals surface area contributed by atoms with Gasteiger partial charge in [0.25, 0.3) is 0 Å². The summed E-state index contributed by atoms with van der Waals surface area (Å²) in [6.45, 7) is 5.57. The quantitative estimate of drug-likeness (QED) is 0.243. The molecule has 0 spiro atoms. The zero-order valence-electron chi connectivity index (χ0n) is 22.8. The molecule has 2 heterocycles. The highest BCUT2D eigenvalue weighted by Gasteiger charge is 2.61. The minimum atomic E-state index is -5.08. The number of carboxylic acids is 2. The Hall–Kier alpha value is -3.66. The van der Waals surface area contributed by atoms with Crippen molar-refractivity contribution in [1.82, 2.24) is 5.32 Å². The molecule has 3 aromatic rings. The minimum absolute atomic E-state index is 0.0774. The molecule has 4 rings (SSSR count). The number of rotatable bonds is 6. The predicted molar refractivity (Wildman–Crippen MR) is 146 cm³/mol. The molecular weight excluding hydrogens is 622 g/mol. The number of halogens is 7. The Labute approximate surface area is 252 Å². The van der Waals surface area contributed by atoms with Crippen LogP contribution in [0.4, 0.5) is 22.0 Å². The lowest BCUT2D eigenvalue weighted by Crippen LogP contribution is -2.46. The van der Waals surface area contributed by atoms with Crippen LogP contribution in [0.25, 0.3) is 0 Å². The molecule has 43 heavy (non-hydrogen) atoms. The van der Waals surface area contributed by atoms with Crippen LogP contribution in [0.2, 0.25) is 10.0 Å².